The molecule has 0 bridgehead atoms. The maximum Gasteiger partial charge on any atom is 0.335 e. The predicted octanol–water partition coefficient (Wildman–Crippen LogP) is 5.27. The predicted molar refractivity (Wildman–Crippen MR) is 130 cm³/mol. The first-order valence-electron chi connectivity index (χ1n) is 11.2. The highest BCUT2D eigenvalue weighted by molar-refractivity contribution is 6.30. The summed E-state index contributed by atoms with van der Waals surface area (Å²) in [6.45, 7) is 7.58. The van der Waals surface area contributed by atoms with Crippen LogP contribution in [0.3, 0.4) is 0 Å². The first-order chi connectivity index (χ1) is 16.1. The topological polar surface area (TPSA) is 102 Å². The van der Waals surface area contributed by atoms with Gasteiger partial charge in [-0.1, -0.05) is 11.6 Å². The SMILES string of the molecule is Cc1nccc2c1c(Nc1ccc(Cl)cc1)nn2[C@]1(CC#N)CC[C@@H](C(=O)OC(C)(C)C)OC1. The molecule has 4 rings (SSSR count). The lowest BCUT2D eigenvalue weighted by molar-refractivity contribution is -0.176. The zero-order chi connectivity index (χ0) is 24.5. The molecule has 0 spiro atoms. The standard InChI is InChI=1S/C25H28ClN5O3/c1-16-21-19(10-14-28-16)31(30-22(21)29-18-7-5-17(26)6-8-18)25(12-13-27)11-9-20(33-15-25)23(32)34-24(2,3)4/h5-8,10,14,20H,9,11-12,15H2,1-4H3,(H,29,30)/t20-,25-/m0/s1. The van der Waals surface area contributed by atoms with Crippen LogP contribution in [-0.4, -0.2) is 39.0 Å². The van der Waals surface area contributed by atoms with Crippen molar-refractivity contribution in [3.63, 3.8) is 0 Å². The molecule has 0 amide bonds. The molecule has 34 heavy (non-hydrogen) atoms. The van der Waals surface area contributed by atoms with Crippen molar-refractivity contribution in [2.45, 2.75) is 64.2 Å². The summed E-state index contributed by atoms with van der Waals surface area (Å²) in [7, 11) is 0. The fraction of sp³-hybridized carbons (Fsp3) is 0.440. The smallest absolute Gasteiger partial charge is 0.335 e. The zero-order valence-electron chi connectivity index (χ0n) is 19.8. The van der Waals surface area contributed by atoms with Crippen molar-refractivity contribution in [3.05, 3.63) is 47.2 Å². The van der Waals surface area contributed by atoms with E-state index in [1.54, 1.807) is 18.3 Å². The summed E-state index contributed by atoms with van der Waals surface area (Å²) in [5.41, 5.74) is 1.18. The number of pyridine rings is 1. The summed E-state index contributed by atoms with van der Waals surface area (Å²) >= 11 is 6.03. The highest BCUT2D eigenvalue weighted by atomic mass is 35.5. The molecule has 3 aromatic rings. The Morgan fingerprint density at radius 3 is 2.71 bits per heavy atom. The molecule has 1 aromatic carbocycles. The zero-order valence-corrected chi connectivity index (χ0v) is 20.5. The number of rotatable bonds is 5. The minimum Gasteiger partial charge on any atom is -0.458 e. The van der Waals surface area contributed by atoms with E-state index < -0.39 is 17.2 Å². The third-order valence-corrected chi connectivity index (χ3v) is 6.09. The first-order valence-corrected chi connectivity index (χ1v) is 11.6. The number of aryl methyl sites for hydroxylation is 1. The van der Waals surface area contributed by atoms with E-state index >= 15 is 0 Å². The van der Waals surface area contributed by atoms with Gasteiger partial charge in [0.2, 0.25) is 0 Å². The summed E-state index contributed by atoms with van der Waals surface area (Å²) in [6.07, 6.45) is 2.23. The van der Waals surface area contributed by atoms with E-state index in [1.807, 2.05) is 50.6 Å². The van der Waals surface area contributed by atoms with Crippen LogP contribution in [0.25, 0.3) is 10.9 Å². The van der Waals surface area contributed by atoms with Crippen molar-refractivity contribution >= 4 is 40.0 Å². The van der Waals surface area contributed by atoms with E-state index in [2.05, 4.69) is 16.4 Å². The summed E-state index contributed by atoms with van der Waals surface area (Å²) in [5, 5.41) is 19.5. The van der Waals surface area contributed by atoms with E-state index in [1.165, 1.54) is 0 Å². The second-order valence-corrected chi connectivity index (χ2v) is 10.1. The molecule has 1 aliphatic rings. The summed E-state index contributed by atoms with van der Waals surface area (Å²) in [5.74, 6) is 0.253. The van der Waals surface area contributed by atoms with E-state index in [-0.39, 0.29) is 19.0 Å². The molecule has 3 heterocycles. The number of nitriles is 1. The molecule has 1 fully saturated rings. The Morgan fingerprint density at radius 1 is 1.35 bits per heavy atom. The molecule has 0 radical (unpaired) electrons. The van der Waals surface area contributed by atoms with Crippen LogP contribution in [0.15, 0.2) is 36.5 Å². The van der Waals surface area contributed by atoms with E-state index in [0.29, 0.717) is 23.7 Å². The summed E-state index contributed by atoms with van der Waals surface area (Å²) in [6, 6.07) is 11.5. The number of nitrogens with zero attached hydrogens (tertiary/aromatic N) is 4. The number of carbonyl (C=O) groups is 1. The number of anilines is 2. The van der Waals surface area contributed by atoms with Crippen molar-refractivity contribution < 1.29 is 14.3 Å². The van der Waals surface area contributed by atoms with E-state index in [0.717, 1.165) is 22.3 Å². The Morgan fingerprint density at radius 2 is 2.09 bits per heavy atom. The van der Waals surface area contributed by atoms with E-state index in [4.69, 9.17) is 26.2 Å². The minimum atomic E-state index is -0.723. The molecule has 2 atom stereocenters. The van der Waals surface area contributed by atoms with Gasteiger partial charge in [-0.15, -0.1) is 0 Å². The monoisotopic (exact) mass is 481 g/mol. The average molecular weight is 482 g/mol. The Kier molecular flexibility index (Phi) is 6.52. The van der Waals surface area contributed by atoms with Crippen LogP contribution in [-0.2, 0) is 19.8 Å². The number of esters is 1. The molecule has 0 saturated carbocycles. The average Bonchev–Trinajstić information content (AvgIpc) is 3.15. The van der Waals surface area contributed by atoms with Gasteiger partial charge in [-0.3, -0.25) is 9.67 Å². The van der Waals surface area contributed by atoms with E-state index in [9.17, 15) is 10.1 Å². The van der Waals surface area contributed by atoms with Crippen LogP contribution in [0.1, 0.15) is 45.7 Å². The molecule has 0 aliphatic carbocycles. The quantitative estimate of drug-likeness (QED) is 0.495. The molecular formula is C25H28ClN5O3. The lowest BCUT2D eigenvalue weighted by atomic mass is 9.87. The number of aromatic nitrogens is 3. The van der Waals surface area contributed by atoms with Gasteiger partial charge in [0.25, 0.3) is 0 Å². The van der Waals surface area contributed by atoms with Crippen LogP contribution in [0.2, 0.25) is 5.02 Å². The maximum atomic E-state index is 12.5. The molecule has 178 valence electrons. The van der Waals surface area contributed by atoms with Gasteiger partial charge in [0.05, 0.1) is 41.2 Å². The van der Waals surface area contributed by atoms with Gasteiger partial charge in [-0.05, 0) is 70.9 Å². The fourth-order valence-electron chi connectivity index (χ4n) is 4.24. The fourth-order valence-corrected chi connectivity index (χ4v) is 4.36. The second kappa shape index (κ2) is 9.24. The number of ether oxygens (including phenoxy) is 2. The Bertz CT molecular complexity index is 1230. The van der Waals surface area contributed by atoms with Gasteiger partial charge in [0, 0.05) is 16.9 Å². The van der Waals surface area contributed by atoms with Crippen LogP contribution in [0.4, 0.5) is 11.5 Å². The highest BCUT2D eigenvalue weighted by Crippen LogP contribution is 2.39. The Balaban J connectivity index is 1.69. The normalized spacial score (nSPS) is 20.6. The molecule has 9 heteroatoms. The van der Waals surface area contributed by atoms with Gasteiger partial charge in [0.1, 0.15) is 5.60 Å². The van der Waals surface area contributed by atoms with Gasteiger partial charge in [-0.25, -0.2) is 4.79 Å². The number of hydrogen-bond acceptors (Lipinski definition) is 7. The molecule has 1 N–H and O–H groups in total. The molecular weight excluding hydrogens is 454 g/mol. The number of carbonyl (C=O) groups excluding carboxylic acids is 1. The van der Waals surface area contributed by atoms with Crippen molar-refractivity contribution in [2.75, 3.05) is 11.9 Å². The number of fused-ring (bicyclic) bond motifs is 1. The van der Waals surface area contributed by atoms with Crippen LogP contribution < -0.4 is 5.32 Å². The van der Waals surface area contributed by atoms with Crippen LogP contribution >= 0.6 is 11.6 Å². The number of halogens is 1. The first kappa shape index (κ1) is 24.0. The lowest BCUT2D eigenvalue weighted by Crippen LogP contribution is -2.47. The Hall–Kier alpha value is -3.15. The van der Waals surface area contributed by atoms with Crippen molar-refractivity contribution in [1.82, 2.24) is 14.8 Å². The van der Waals surface area contributed by atoms with Gasteiger partial charge in [-0.2, -0.15) is 10.4 Å². The molecule has 8 nitrogen and oxygen atoms in total. The third-order valence-electron chi connectivity index (χ3n) is 5.84. The molecule has 2 aromatic heterocycles. The van der Waals surface area contributed by atoms with Gasteiger partial charge in [0.15, 0.2) is 11.9 Å². The minimum absolute atomic E-state index is 0.170. The van der Waals surface area contributed by atoms with Crippen molar-refractivity contribution in [2.24, 2.45) is 0 Å². The molecule has 0 unspecified atom stereocenters. The number of benzene rings is 1. The van der Waals surface area contributed by atoms with Crippen molar-refractivity contribution in [1.29, 1.82) is 5.26 Å². The largest absolute Gasteiger partial charge is 0.458 e. The highest BCUT2D eigenvalue weighted by Gasteiger charge is 2.43. The van der Waals surface area contributed by atoms with Crippen molar-refractivity contribution in [3.8, 4) is 6.07 Å². The summed E-state index contributed by atoms with van der Waals surface area (Å²) < 4.78 is 13.4. The Labute approximate surface area is 203 Å². The summed E-state index contributed by atoms with van der Waals surface area (Å²) in [4.78, 5) is 17.0. The van der Waals surface area contributed by atoms with Gasteiger partial charge >= 0.3 is 5.97 Å². The number of hydrogen-bond donors (Lipinski definition) is 1. The van der Waals surface area contributed by atoms with Crippen LogP contribution in [0, 0.1) is 18.3 Å². The maximum absolute atomic E-state index is 12.5. The number of nitrogens with one attached hydrogen (secondary N) is 1. The third kappa shape index (κ3) is 4.86. The second-order valence-electron chi connectivity index (χ2n) is 9.61. The molecule has 1 saturated heterocycles. The molecule has 1 aliphatic heterocycles. The van der Waals surface area contributed by atoms with Crippen LogP contribution in [0.5, 0.6) is 0 Å². The lowest BCUT2D eigenvalue weighted by Gasteiger charge is -2.39. The van der Waals surface area contributed by atoms with Gasteiger partial charge < -0.3 is 14.8 Å².